The van der Waals surface area contributed by atoms with Crippen LogP contribution < -0.4 is 5.32 Å². The van der Waals surface area contributed by atoms with Crippen molar-refractivity contribution in [3.8, 4) is 0 Å². The minimum absolute atomic E-state index is 0.0573. The zero-order valence-corrected chi connectivity index (χ0v) is 9.49. The van der Waals surface area contributed by atoms with Crippen molar-refractivity contribution < 1.29 is 14.3 Å². The van der Waals surface area contributed by atoms with Crippen molar-refractivity contribution >= 4 is 5.91 Å². The molecule has 4 heteroatoms. The van der Waals surface area contributed by atoms with Crippen molar-refractivity contribution in [1.82, 2.24) is 5.32 Å². The van der Waals surface area contributed by atoms with E-state index in [9.17, 15) is 4.79 Å². The van der Waals surface area contributed by atoms with E-state index in [1.165, 1.54) is 0 Å². The molecule has 2 unspecified atom stereocenters. The molecule has 2 bridgehead atoms. The molecule has 2 heterocycles. The summed E-state index contributed by atoms with van der Waals surface area (Å²) < 4.78 is 11.6. The van der Waals surface area contributed by atoms with E-state index < -0.39 is 5.79 Å². The second-order valence-corrected chi connectivity index (χ2v) is 4.75. The number of hydrogen-bond donors (Lipinski definition) is 1. The second kappa shape index (κ2) is 3.57. The lowest BCUT2D eigenvalue weighted by Crippen LogP contribution is -2.56. The number of hydrogen-bond acceptors (Lipinski definition) is 3. The van der Waals surface area contributed by atoms with Gasteiger partial charge in [-0.2, -0.15) is 0 Å². The summed E-state index contributed by atoms with van der Waals surface area (Å²) in [4.78, 5) is 11.9. The minimum atomic E-state index is -0.504. The van der Waals surface area contributed by atoms with E-state index in [-0.39, 0.29) is 11.8 Å². The fraction of sp³-hybridized carbons (Fsp3) is 0.750. The topological polar surface area (TPSA) is 47.6 Å². The van der Waals surface area contributed by atoms with Gasteiger partial charge in [-0.3, -0.25) is 4.79 Å². The molecular formula is C12H17NO3. The third-order valence-electron chi connectivity index (χ3n) is 3.95. The molecule has 1 spiro atoms. The molecule has 0 aromatic rings. The zero-order valence-electron chi connectivity index (χ0n) is 9.49. The molecule has 0 aromatic carbocycles. The Labute approximate surface area is 95.0 Å². The predicted octanol–water partition coefficient (Wildman–Crippen LogP) is 0.974. The van der Waals surface area contributed by atoms with Gasteiger partial charge in [-0.1, -0.05) is 6.08 Å². The summed E-state index contributed by atoms with van der Waals surface area (Å²) in [6.07, 6.45) is 4.69. The predicted molar refractivity (Wildman–Crippen MR) is 57.7 cm³/mol. The molecule has 3 aliphatic rings. The monoisotopic (exact) mass is 223 g/mol. The molecule has 2 saturated heterocycles. The van der Waals surface area contributed by atoms with Crippen LogP contribution in [-0.2, 0) is 14.3 Å². The van der Waals surface area contributed by atoms with Crippen LogP contribution in [0.5, 0.6) is 0 Å². The molecule has 2 aliphatic heterocycles. The van der Waals surface area contributed by atoms with E-state index >= 15 is 0 Å². The number of nitrogens with one attached hydrogen (secondary N) is 1. The average molecular weight is 223 g/mol. The van der Waals surface area contributed by atoms with Gasteiger partial charge in [0, 0.05) is 24.0 Å². The number of allylic oxidation sites excluding steroid dienone is 1. The largest absolute Gasteiger partial charge is 0.350 e. The Kier molecular flexibility index (Phi) is 2.30. The number of piperidine rings is 1. The summed E-state index contributed by atoms with van der Waals surface area (Å²) in [6, 6.07) is 0.305. The van der Waals surface area contributed by atoms with Gasteiger partial charge in [0.2, 0.25) is 5.91 Å². The smallest absolute Gasteiger partial charge is 0.247 e. The fourth-order valence-corrected chi connectivity index (χ4v) is 3.20. The molecule has 4 nitrogen and oxygen atoms in total. The number of carbonyl (C=O) groups excluding carboxylic acids is 1. The van der Waals surface area contributed by atoms with E-state index in [0.717, 1.165) is 24.8 Å². The summed E-state index contributed by atoms with van der Waals surface area (Å²) in [5.41, 5.74) is 0.831. The SMILES string of the molecule is CC=C1C(=O)NC2CCC3(OCCO3)C1C2. The normalized spacial score (nSPS) is 39.1. The lowest BCUT2D eigenvalue weighted by molar-refractivity contribution is -0.210. The maximum absolute atomic E-state index is 11.9. The van der Waals surface area contributed by atoms with Gasteiger partial charge in [0.1, 0.15) is 0 Å². The van der Waals surface area contributed by atoms with Crippen LogP contribution in [0.25, 0.3) is 0 Å². The van der Waals surface area contributed by atoms with Crippen molar-refractivity contribution in [3.05, 3.63) is 11.6 Å². The zero-order chi connectivity index (χ0) is 11.2. The Balaban J connectivity index is 1.96. The molecule has 1 saturated carbocycles. The number of ether oxygens (including phenoxy) is 2. The number of rotatable bonds is 0. The number of carbonyl (C=O) groups is 1. The maximum atomic E-state index is 11.9. The fourth-order valence-electron chi connectivity index (χ4n) is 3.20. The first-order chi connectivity index (χ1) is 7.75. The van der Waals surface area contributed by atoms with Crippen LogP contribution in [0.4, 0.5) is 0 Å². The van der Waals surface area contributed by atoms with Crippen LogP contribution in [-0.4, -0.2) is 30.9 Å². The first-order valence-corrected chi connectivity index (χ1v) is 6.00. The van der Waals surface area contributed by atoms with Crippen LogP contribution >= 0.6 is 0 Å². The van der Waals surface area contributed by atoms with Gasteiger partial charge in [0.15, 0.2) is 5.79 Å². The Morgan fingerprint density at radius 3 is 2.88 bits per heavy atom. The minimum Gasteiger partial charge on any atom is -0.350 e. The van der Waals surface area contributed by atoms with Crippen LogP contribution in [0, 0.1) is 5.92 Å². The second-order valence-electron chi connectivity index (χ2n) is 4.75. The summed E-state index contributed by atoms with van der Waals surface area (Å²) >= 11 is 0. The first kappa shape index (κ1) is 10.3. The molecule has 0 aromatic heterocycles. The third-order valence-corrected chi connectivity index (χ3v) is 3.95. The molecule has 88 valence electrons. The standard InChI is InChI=1S/C12H17NO3/c1-2-9-10-7-8(13-11(9)14)3-4-12(10)15-5-6-16-12/h2,8,10H,3-7H2,1H3,(H,13,14). The number of amides is 1. The Hall–Kier alpha value is -0.870. The van der Waals surface area contributed by atoms with Crippen LogP contribution in [0.1, 0.15) is 26.2 Å². The summed E-state index contributed by atoms with van der Waals surface area (Å²) in [5.74, 6) is -0.328. The van der Waals surface area contributed by atoms with E-state index in [2.05, 4.69) is 5.32 Å². The lowest BCUT2D eigenvalue weighted by Gasteiger charge is -2.46. The molecule has 1 amide bonds. The first-order valence-electron chi connectivity index (χ1n) is 6.00. The summed E-state index contributed by atoms with van der Waals surface area (Å²) in [7, 11) is 0. The highest BCUT2D eigenvalue weighted by Gasteiger charge is 2.53. The molecular weight excluding hydrogens is 206 g/mol. The van der Waals surface area contributed by atoms with E-state index in [1.807, 2.05) is 13.0 Å². The number of fused-ring (bicyclic) bond motifs is 3. The molecule has 1 N–H and O–H groups in total. The van der Waals surface area contributed by atoms with Gasteiger partial charge in [-0.05, 0) is 19.8 Å². The van der Waals surface area contributed by atoms with Gasteiger partial charge in [-0.25, -0.2) is 0 Å². The lowest BCUT2D eigenvalue weighted by atomic mass is 9.73. The Morgan fingerprint density at radius 1 is 1.44 bits per heavy atom. The van der Waals surface area contributed by atoms with Gasteiger partial charge in [-0.15, -0.1) is 0 Å². The van der Waals surface area contributed by atoms with Gasteiger partial charge >= 0.3 is 0 Å². The third kappa shape index (κ3) is 1.33. The van der Waals surface area contributed by atoms with Gasteiger partial charge in [0.05, 0.1) is 13.2 Å². The van der Waals surface area contributed by atoms with Crippen LogP contribution in [0.15, 0.2) is 11.6 Å². The Morgan fingerprint density at radius 2 is 2.19 bits per heavy atom. The highest BCUT2D eigenvalue weighted by atomic mass is 16.7. The molecule has 16 heavy (non-hydrogen) atoms. The molecule has 2 atom stereocenters. The molecule has 3 fully saturated rings. The van der Waals surface area contributed by atoms with Crippen LogP contribution in [0.2, 0.25) is 0 Å². The van der Waals surface area contributed by atoms with Gasteiger partial charge in [0.25, 0.3) is 0 Å². The van der Waals surface area contributed by atoms with Crippen molar-refractivity contribution in [1.29, 1.82) is 0 Å². The van der Waals surface area contributed by atoms with E-state index in [4.69, 9.17) is 9.47 Å². The van der Waals surface area contributed by atoms with Crippen molar-refractivity contribution in [2.75, 3.05) is 13.2 Å². The maximum Gasteiger partial charge on any atom is 0.247 e. The van der Waals surface area contributed by atoms with Crippen molar-refractivity contribution in [2.45, 2.75) is 38.0 Å². The van der Waals surface area contributed by atoms with E-state index in [0.29, 0.717) is 19.3 Å². The molecule has 3 rings (SSSR count). The average Bonchev–Trinajstić information content (AvgIpc) is 2.74. The highest BCUT2D eigenvalue weighted by molar-refractivity contribution is 5.95. The van der Waals surface area contributed by atoms with Crippen molar-refractivity contribution in [3.63, 3.8) is 0 Å². The van der Waals surface area contributed by atoms with Crippen molar-refractivity contribution in [2.24, 2.45) is 5.92 Å². The molecule has 1 aliphatic carbocycles. The summed E-state index contributed by atoms with van der Waals surface area (Å²) in [5, 5.41) is 3.04. The Bertz CT molecular complexity index is 344. The highest BCUT2D eigenvalue weighted by Crippen LogP contribution is 2.46. The van der Waals surface area contributed by atoms with Gasteiger partial charge < -0.3 is 14.8 Å². The van der Waals surface area contributed by atoms with Crippen LogP contribution in [0.3, 0.4) is 0 Å². The van der Waals surface area contributed by atoms with E-state index in [1.54, 1.807) is 0 Å². The molecule has 0 radical (unpaired) electrons. The summed E-state index contributed by atoms with van der Waals surface area (Å²) in [6.45, 7) is 3.21. The quantitative estimate of drug-likeness (QED) is 0.623.